The molecule has 0 heterocycles. The SMILES string of the molecule is CCCC(C)(Nc1ccc([N+](=O)[O-])cc1F)C(=O)O. The molecule has 0 spiro atoms. The maximum Gasteiger partial charge on any atom is 0.329 e. The Morgan fingerprint density at radius 3 is 2.63 bits per heavy atom. The normalized spacial score (nSPS) is 13.6. The molecule has 1 rings (SSSR count). The number of benzene rings is 1. The summed E-state index contributed by atoms with van der Waals surface area (Å²) < 4.78 is 13.7. The zero-order chi connectivity index (χ0) is 14.6. The van der Waals surface area contributed by atoms with Gasteiger partial charge < -0.3 is 10.4 Å². The Hall–Kier alpha value is -2.18. The van der Waals surface area contributed by atoms with Crippen molar-refractivity contribution in [2.45, 2.75) is 32.2 Å². The fourth-order valence-corrected chi connectivity index (χ4v) is 1.74. The van der Waals surface area contributed by atoms with Crippen LogP contribution >= 0.6 is 0 Å². The van der Waals surface area contributed by atoms with E-state index in [9.17, 15) is 19.3 Å². The summed E-state index contributed by atoms with van der Waals surface area (Å²) in [4.78, 5) is 21.0. The Morgan fingerprint density at radius 2 is 2.21 bits per heavy atom. The van der Waals surface area contributed by atoms with Gasteiger partial charge >= 0.3 is 5.97 Å². The Morgan fingerprint density at radius 1 is 1.58 bits per heavy atom. The number of carbonyl (C=O) groups is 1. The van der Waals surface area contributed by atoms with Gasteiger partial charge in [-0.15, -0.1) is 0 Å². The Kier molecular flexibility index (Phi) is 4.42. The minimum atomic E-state index is -1.31. The number of halogens is 1. The number of non-ortho nitro benzene ring substituents is 1. The van der Waals surface area contributed by atoms with Crippen LogP contribution in [-0.2, 0) is 4.79 Å². The smallest absolute Gasteiger partial charge is 0.329 e. The predicted octanol–water partition coefficient (Wildman–Crippen LogP) is 2.79. The number of carboxylic acids is 1. The minimum Gasteiger partial charge on any atom is -0.480 e. The molecule has 0 aliphatic heterocycles. The number of carboxylic acid groups (broad SMARTS) is 1. The topological polar surface area (TPSA) is 92.5 Å². The summed E-state index contributed by atoms with van der Waals surface area (Å²) in [5.41, 5.74) is -1.76. The van der Waals surface area contributed by atoms with E-state index in [2.05, 4.69) is 5.32 Å². The summed E-state index contributed by atoms with van der Waals surface area (Å²) in [5, 5.41) is 22.2. The van der Waals surface area contributed by atoms with E-state index in [1.54, 1.807) is 0 Å². The third-order valence-electron chi connectivity index (χ3n) is 2.80. The highest BCUT2D eigenvalue weighted by Crippen LogP contribution is 2.25. The number of hydrogen-bond acceptors (Lipinski definition) is 4. The fraction of sp³-hybridized carbons (Fsp3) is 0.417. The van der Waals surface area contributed by atoms with Crippen molar-refractivity contribution in [3.8, 4) is 0 Å². The zero-order valence-electron chi connectivity index (χ0n) is 10.6. The largest absolute Gasteiger partial charge is 0.480 e. The van der Waals surface area contributed by atoms with Crippen LogP contribution < -0.4 is 5.32 Å². The van der Waals surface area contributed by atoms with Crippen molar-refractivity contribution in [3.05, 3.63) is 34.1 Å². The minimum absolute atomic E-state index is 0.0658. The zero-order valence-corrected chi connectivity index (χ0v) is 10.6. The van der Waals surface area contributed by atoms with E-state index in [0.29, 0.717) is 12.8 Å². The maximum absolute atomic E-state index is 13.7. The highest BCUT2D eigenvalue weighted by atomic mass is 19.1. The Balaban J connectivity index is 3.04. The van der Waals surface area contributed by atoms with Crippen molar-refractivity contribution < 1.29 is 19.2 Å². The highest BCUT2D eigenvalue weighted by molar-refractivity contribution is 5.82. The lowest BCUT2D eigenvalue weighted by Crippen LogP contribution is -2.43. The molecule has 1 atom stereocenters. The van der Waals surface area contributed by atoms with Crippen LogP contribution in [0.4, 0.5) is 15.8 Å². The van der Waals surface area contributed by atoms with Gasteiger partial charge in [-0.25, -0.2) is 9.18 Å². The molecule has 0 saturated carbocycles. The molecule has 1 unspecified atom stereocenters. The number of rotatable bonds is 6. The number of nitro benzene ring substituents is 1. The second-order valence-electron chi connectivity index (χ2n) is 4.43. The third kappa shape index (κ3) is 3.40. The summed E-state index contributed by atoms with van der Waals surface area (Å²) in [7, 11) is 0. The first-order valence-corrected chi connectivity index (χ1v) is 5.75. The molecule has 19 heavy (non-hydrogen) atoms. The van der Waals surface area contributed by atoms with Crippen molar-refractivity contribution in [1.29, 1.82) is 0 Å². The molecule has 2 N–H and O–H groups in total. The predicted molar refractivity (Wildman–Crippen MR) is 67.6 cm³/mol. The standard InChI is InChI=1S/C12H15FN2O4/c1-3-6-12(2,11(16)17)14-10-5-4-8(15(18)19)7-9(10)13/h4-5,7,14H,3,6H2,1-2H3,(H,16,17). The first-order chi connectivity index (χ1) is 8.80. The summed E-state index contributed by atoms with van der Waals surface area (Å²) in [6, 6.07) is 3.06. The van der Waals surface area contributed by atoms with Gasteiger partial charge in [-0.1, -0.05) is 13.3 Å². The van der Waals surface area contributed by atoms with Crippen molar-refractivity contribution >= 4 is 17.3 Å². The molecular weight excluding hydrogens is 255 g/mol. The van der Waals surface area contributed by atoms with Crippen molar-refractivity contribution in [2.24, 2.45) is 0 Å². The lowest BCUT2D eigenvalue weighted by Gasteiger charge is -2.27. The first kappa shape index (κ1) is 14.9. The highest BCUT2D eigenvalue weighted by Gasteiger charge is 2.32. The number of nitrogens with one attached hydrogen (secondary N) is 1. The number of nitro groups is 1. The van der Waals surface area contributed by atoms with Gasteiger partial charge in [0.2, 0.25) is 0 Å². The first-order valence-electron chi connectivity index (χ1n) is 5.75. The molecule has 1 aromatic carbocycles. The van der Waals surface area contributed by atoms with Gasteiger partial charge in [0.1, 0.15) is 5.54 Å². The van der Waals surface area contributed by atoms with Crippen LogP contribution in [0.1, 0.15) is 26.7 Å². The van der Waals surface area contributed by atoms with Crippen molar-refractivity contribution in [2.75, 3.05) is 5.32 Å². The maximum atomic E-state index is 13.7. The van der Waals surface area contributed by atoms with Crippen molar-refractivity contribution in [1.82, 2.24) is 0 Å². The van der Waals surface area contributed by atoms with Crippen LogP contribution in [0.5, 0.6) is 0 Å². The van der Waals surface area contributed by atoms with Crippen LogP contribution in [0.2, 0.25) is 0 Å². The molecule has 7 heteroatoms. The van der Waals surface area contributed by atoms with Crippen molar-refractivity contribution in [3.63, 3.8) is 0 Å². The average molecular weight is 270 g/mol. The summed E-state index contributed by atoms with van der Waals surface area (Å²) >= 11 is 0. The molecule has 0 aliphatic rings. The molecule has 6 nitrogen and oxygen atoms in total. The molecule has 0 saturated heterocycles. The Labute approximate surface area is 109 Å². The van der Waals surface area contributed by atoms with Gasteiger partial charge in [0.05, 0.1) is 16.7 Å². The molecule has 104 valence electrons. The number of hydrogen-bond donors (Lipinski definition) is 2. The molecule has 0 radical (unpaired) electrons. The summed E-state index contributed by atoms with van der Waals surface area (Å²) in [6.45, 7) is 3.26. The fourth-order valence-electron chi connectivity index (χ4n) is 1.74. The number of anilines is 1. The van der Waals surface area contributed by atoms with Gasteiger partial charge in [-0.3, -0.25) is 10.1 Å². The monoisotopic (exact) mass is 270 g/mol. The Bertz CT molecular complexity index is 507. The lowest BCUT2D eigenvalue weighted by atomic mass is 9.96. The molecule has 0 amide bonds. The molecule has 0 fully saturated rings. The van der Waals surface area contributed by atoms with E-state index in [1.165, 1.54) is 13.0 Å². The van der Waals surface area contributed by atoms with E-state index in [1.807, 2.05) is 6.92 Å². The number of aliphatic carboxylic acids is 1. The van der Waals surface area contributed by atoms with Gasteiger partial charge in [0.25, 0.3) is 5.69 Å². The lowest BCUT2D eigenvalue weighted by molar-refractivity contribution is -0.385. The van der Waals surface area contributed by atoms with Crippen LogP contribution in [0.15, 0.2) is 18.2 Å². The van der Waals surface area contributed by atoms with E-state index >= 15 is 0 Å². The van der Waals surface area contributed by atoms with Crippen LogP contribution in [0, 0.1) is 15.9 Å². The van der Waals surface area contributed by atoms with Gasteiger partial charge in [-0.05, 0) is 19.4 Å². The van der Waals surface area contributed by atoms with Crippen LogP contribution in [0.25, 0.3) is 0 Å². The third-order valence-corrected chi connectivity index (χ3v) is 2.80. The van der Waals surface area contributed by atoms with E-state index in [0.717, 1.165) is 12.1 Å². The molecule has 1 aromatic rings. The van der Waals surface area contributed by atoms with E-state index in [-0.39, 0.29) is 11.4 Å². The van der Waals surface area contributed by atoms with E-state index < -0.39 is 22.2 Å². The molecule has 0 aromatic heterocycles. The van der Waals surface area contributed by atoms with E-state index in [4.69, 9.17) is 5.11 Å². The molecule has 0 bridgehead atoms. The van der Waals surface area contributed by atoms with Crippen LogP contribution in [0.3, 0.4) is 0 Å². The summed E-state index contributed by atoms with van der Waals surface area (Å²) in [6.07, 6.45) is 0.906. The quantitative estimate of drug-likeness (QED) is 0.612. The second kappa shape index (κ2) is 5.64. The second-order valence-corrected chi connectivity index (χ2v) is 4.43. The van der Waals surface area contributed by atoms with Crippen LogP contribution in [-0.4, -0.2) is 21.5 Å². The molecule has 0 aliphatic carbocycles. The number of nitrogens with zero attached hydrogens (tertiary/aromatic N) is 1. The van der Waals surface area contributed by atoms with Gasteiger partial charge in [0.15, 0.2) is 5.82 Å². The van der Waals surface area contributed by atoms with Gasteiger partial charge in [0, 0.05) is 6.07 Å². The van der Waals surface area contributed by atoms with Gasteiger partial charge in [-0.2, -0.15) is 0 Å². The molecular formula is C12H15FN2O4. The summed E-state index contributed by atoms with van der Waals surface area (Å²) in [5.74, 6) is -1.95. The average Bonchev–Trinajstić information content (AvgIpc) is 2.31.